The van der Waals surface area contributed by atoms with E-state index in [-0.39, 0.29) is 0 Å². The summed E-state index contributed by atoms with van der Waals surface area (Å²) in [4.78, 5) is 11.1. The first kappa shape index (κ1) is 76.4. The molecule has 0 amide bonds. The summed E-state index contributed by atoms with van der Waals surface area (Å²) in [7, 11) is 0. The topological polar surface area (TPSA) is 24.7 Å². The second-order valence-corrected chi connectivity index (χ2v) is 26.2. The molecule has 0 aliphatic heterocycles. The van der Waals surface area contributed by atoms with Crippen molar-refractivity contribution in [2.45, 2.75) is 407 Å². The Morgan fingerprint density at radius 2 is 0.627 bits per heavy atom. The van der Waals surface area contributed by atoms with Gasteiger partial charge in [0.15, 0.2) is 0 Å². The monoisotopic (exact) mass is 1140 g/mol. The molecule has 0 unspecified atom stereocenters. The van der Waals surface area contributed by atoms with Gasteiger partial charge in [0.2, 0.25) is 0 Å². The average molecular weight is 1140 g/mol. The van der Waals surface area contributed by atoms with Gasteiger partial charge in [0.05, 0.1) is 22.8 Å². The molecule has 0 N–H and O–H groups in total. The van der Waals surface area contributed by atoms with Crippen LogP contribution in [0, 0.1) is 0 Å². The number of rotatable bonds is 64. The molecule has 0 atom stereocenters. The summed E-state index contributed by atoms with van der Waals surface area (Å²) < 4.78 is 0. The van der Waals surface area contributed by atoms with E-state index in [2.05, 4.69) is 101 Å². The zero-order chi connectivity index (χ0) is 59.1. The number of benzene rings is 2. The minimum atomic E-state index is 0.969. The summed E-state index contributed by atoms with van der Waals surface area (Å²) in [6, 6.07) is 18.1. The minimum Gasteiger partial charge on any atom is -0.251 e. The van der Waals surface area contributed by atoms with Crippen molar-refractivity contribution in [1.29, 1.82) is 0 Å². The Balaban J connectivity index is 1.99. The molecule has 2 nitrogen and oxygen atoms in total. The SMILES string of the molecule is CCCCC=Cc1cccc(N=C(CCCCCCCCCCCCCCCCCCCC)C(C=CCCCCCCCCCCCCCCCCCCCCCC)=Nc2cccc(CCCCCCCCCCCCCCCCC)c2)c1. The van der Waals surface area contributed by atoms with Crippen molar-refractivity contribution < 1.29 is 0 Å². The summed E-state index contributed by atoms with van der Waals surface area (Å²) in [5.41, 5.74) is 7.03. The molecule has 0 saturated heterocycles. The van der Waals surface area contributed by atoms with Crippen molar-refractivity contribution in [3.8, 4) is 0 Å². The van der Waals surface area contributed by atoms with Crippen LogP contribution in [0.1, 0.15) is 411 Å². The molecule has 2 aromatic rings. The lowest BCUT2D eigenvalue weighted by molar-refractivity contribution is 0.522. The van der Waals surface area contributed by atoms with E-state index in [0.29, 0.717) is 0 Å². The van der Waals surface area contributed by atoms with Crippen LogP contribution < -0.4 is 0 Å². The van der Waals surface area contributed by atoms with E-state index in [1.165, 1.54) is 364 Å². The lowest BCUT2D eigenvalue weighted by Crippen LogP contribution is -2.12. The molecule has 0 aliphatic carbocycles. The van der Waals surface area contributed by atoms with Crippen molar-refractivity contribution >= 4 is 28.9 Å². The summed E-state index contributed by atoms with van der Waals surface area (Å²) in [5.74, 6) is 0. The Morgan fingerprint density at radius 1 is 0.301 bits per heavy atom. The number of hydrogen-bond acceptors (Lipinski definition) is 2. The molecule has 0 aromatic heterocycles. The first-order valence-electron chi connectivity index (χ1n) is 37.9. The molecule has 2 heteroatoms. The zero-order valence-electron chi connectivity index (χ0n) is 56.5. The van der Waals surface area contributed by atoms with E-state index in [0.717, 1.165) is 48.5 Å². The van der Waals surface area contributed by atoms with E-state index >= 15 is 0 Å². The molecule has 0 saturated carbocycles. The number of hydrogen-bond donors (Lipinski definition) is 0. The maximum absolute atomic E-state index is 5.54. The van der Waals surface area contributed by atoms with Gasteiger partial charge in [-0.25, -0.2) is 4.99 Å². The van der Waals surface area contributed by atoms with Crippen LogP contribution in [0.5, 0.6) is 0 Å². The van der Waals surface area contributed by atoms with E-state index in [4.69, 9.17) is 9.98 Å². The minimum absolute atomic E-state index is 0.969. The van der Waals surface area contributed by atoms with Gasteiger partial charge in [-0.2, -0.15) is 0 Å². The van der Waals surface area contributed by atoms with Gasteiger partial charge in [-0.05, 0) is 86.4 Å². The highest BCUT2D eigenvalue weighted by atomic mass is 14.8. The standard InChI is InChI=1S/C81H142N2/c1-5-9-13-17-20-23-26-29-32-34-36-37-38-39-41-44-47-50-53-56-59-63-73-81(83-79-71-65-69-77(75-79)67-61-57-54-51-48-45-42-31-28-25-22-19-15-11-7-3)80(82-78-70-64-68-76(74-78)66-60-16-12-8-4)72-62-58-55-52-49-46-43-40-35-33-30-27-24-21-18-14-10-6-2/h60,63-66,68-71,73-75H,5-59,61-62,67,72H2,1-4H3. The van der Waals surface area contributed by atoms with Gasteiger partial charge in [0, 0.05) is 0 Å². The summed E-state index contributed by atoms with van der Waals surface area (Å²) in [6.45, 7) is 9.22. The van der Waals surface area contributed by atoms with Crippen LogP contribution in [0.2, 0.25) is 0 Å². The van der Waals surface area contributed by atoms with Gasteiger partial charge in [0.25, 0.3) is 0 Å². The molecule has 0 aliphatic rings. The average Bonchev–Trinajstić information content (AvgIpc) is 3.52. The Labute approximate surface area is 520 Å². The van der Waals surface area contributed by atoms with Crippen LogP contribution in [-0.2, 0) is 6.42 Å². The fourth-order valence-corrected chi connectivity index (χ4v) is 12.4. The van der Waals surface area contributed by atoms with Crippen LogP contribution in [0.3, 0.4) is 0 Å². The fourth-order valence-electron chi connectivity index (χ4n) is 12.4. The van der Waals surface area contributed by atoms with Gasteiger partial charge < -0.3 is 0 Å². The Hall–Kier alpha value is -2.74. The molecule has 0 radical (unpaired) electrons. The van der Waals surface area contributed by atoms with Gasteiger partial charge in [-0.3, -0.25) is 4.99 Å². The van der Waals surface area contributed by atoms with Crippen molar-refractivity contribution in [2.75, 3.05) is 0 Å². The second-order valence-electron chi connectivity index (χ2n) is 26.2. The smallest absolute Gasteiger partial charge is 0.0848 e. The highest BCUT2D eigenvalue weighted by Crippen LogP contribution is 2.24. The highest BCUT2D eigenvalue weighted by molar-refractivity contribution is 6.47. The Kier molecular flexibility index (Phi) is 57.3. The molecular formula is C81H142N2. The third-order valence-corrected chi connectivity index (χ3v) is 18.0. The molecule has 83 heavy (non-hydrogen) atoms. The molecule has 476 valence electrons. The number of unbranched alkanes of at least 4 members (excludes halogenated alkanes) is 53. The largest absolute Gasteiger partial charge is 0.251 e. The Morgan fingerprint density at radius 3 is 1.02 bits per heavy atom. The van der Waals surface area contributed by atoms with Gasteiger partial charge in [-0.15, -0.1) is 0 Å². The number of aliphatic imine (C=N–C) groups is 2. The first-order chi connectivity index (χ1) is 41.2. The van der Waals surface area contributed by atoms with Crippen molar-refractivity contribution in [3.05, 3.63) is 77.9 Å². The molecular weight excluding hydrogens is 1000 g/mol. The van der Waals surface area contributed by atoms with Crippen molar-refractivity contribution in [3.63, 3.8) is 0 Å². The van der Waals surface area contributed by atoms with Crippen LogP contribution in [-0.4, -0.2) is 11.4 Å². The number of aryl methyl sites for hydroxylation is 1. The summed E-state index contributed by atoms with van der Waals surface area (Å²) in [6.07, 6.45) is 91.1. The third-order valence-electron chi connectivity index (χ3n) is 18.0. The zero-order valence-corrected chi connectivity index (χ0v) is 56.5. The van der Waals surface area contributed by atoms with Crippen LogP contribution in [0.4, 0.5) is 11.4 Å². The number of nitrogens with zero attached hydrogens (tertiary/aromatic N) is 2. The van der Waals surface area contributed by atoms with Crippen LogP contribution in [0.25, 0.3) is 6.08 Å². The van der Waals surface area contributed by atoms with E-state index in [9.17, 15) is 0 Å². The van der Waals surface area contributed by atoms with Crippen molar-refractivity contribution in [2.24, 2.45) is 9.98 Å². The first-order valence-corrected chi connectivity index (χ1v) is 37.9. The molecule has 2 rings (SSSR count). The molecule has 2 aromatic carbocycles. The lowest BCUT2D eigenvalue weighted by atomic mass is 10.0. The molecule has 0 heterocycles. The van der Waals surface area contributed by atoms with E-state index < -0.39 is 0 Å². The predicted molar refractivity (Wildman–Crippen MR) is 379 cm³/mol. The predicted octanol–water partition coefficient (Wildman–Crippen LogP) is 29.3. The normalized spacial score (nSPS) is 12.3. The maximum atomic E-state index is 5.54. The van der Waals surface area contributed by atoms with Gasteiger partial charge in [-0.1, -0.05) is 404 Å². The van der Waals surface area contributed by atoms with Crippen LogP contribution >= 0.6 is 0 Å². The van der Waals surface area contributed by atoms with E-state index in [1.54, 1.807) is 0 Å². The summed E-state index contributed by atoms with van der Waals surface area (Å²) in [5, 5.41) is 0. The maximum Gasteiger partial charge on any atom is 0.0848 e. The fraction of sp³-hybridized carbons (Fsp3) is 0.778. The lowest BCUT2D eigenvalue weighted by Gasteiger charge is -2.10. The molecule has 0 spiro atoms. The Bertz CT molecular complexity index is 1760. The highest BCUT2D eigenvalue weighted by Gasteiger charge is 2.10. The molecule has 0 bridgehead atoms. The molecule has 0 fully saturated rings. The quantitative estimate of drug-likeness (QED) is 0.0466. The van der Waals surface area contributed by atoms with E-state index in [1.807, 2.05) is 0 Å². The van der Waals surface area contributed by atoms with Crippen molar-refractivity contribution in [1.82, 2.24) is 0 Å². The van der Waals surface area contributed by atoms with Gasteiger partial charge in [0.1, 0.15) is 0 Å². The summed E-state index contributed by atoms with van der Waals surface area (Å²) >= 11 is 0. The van der Waals surface area contributed by atoms with Crippen LogP contribution in [0.15, 0.2) is 76.7 Å². The second kappa shape index (κ2) is 62.3. The number of allylic oxidation sites excluding steroid dienone is 3. The van der Waals surface area contributed by atoms with Gasteiger partial charge >= 0.3 is 0 Å². The third kappa shape index (κ3) is 51.1.